The second kappa shape index (κ2) is 7.28. The number of aromatic hydroxyl groups is 1. The summed E-state index contributed by atoms with van der Waals surface area (Å²) in [6.45, 7) is 2.25. The largest absolute Gasteiger partial charge is 0.508 e. The summed E-state index contributed by atoms with van der Waals surface area (Å²) in [6, 6.07) is 9.03. The topological polar surface area (TPSA) is 44.3 Å². The minimum Gasteiger partial charge on any atom is -0.508 e. The van der Waals surface area contributed by atoms with E-state index in [-0.39, 0.29) is 0 Å². The highest BCUT2D eigenvalue weighted by molar-refractivity contribution is 5.26. The third kappa shape index (κ3) is 3.98. The van der Waals surface area contributed by atoms with Crippen LogP contribution in [-0.4, -0.2) is 30.3 Å². The van der Waals surface area contributed by atoms with Crippen molar-refractivity contribution in [2.24, 2.45) is 5.92 Å². The van der Waals surface area contributed by atoms with Crippen LogP contribution in [0.5, 0.6) is 5.75 Å². The van der Waals surface area contributed by atoms with Crippen LogP contribution in [0.4, 0.5) is 0 Å². The van der Waals surface area contributed by atoms with Crippen molar-refractivity contribution < 1.29 is 5.11 Å². The molecule has 3 N–H and O–H groups in total. The van der Waals surface area contributed by atoms with Crippen molar-refractivity contribution in [3.63, 3.8) is 0 Å². The van der Waals surface area contributed by atoms with Gasteiger partial charge in [0.1, 0.15) is 5.75 Å². The average Bonchev–Trinajstić information content (AvgIpc) is 2.99. The number of hydrogen-bond acceptors (Lipinski definition) is 3. The molecular weight excluding hydrogens is 260 g/mol. The molecule has 0 radical (unpaired) electrons. The Morgan fingerprint density at radius 2 is 1.90 bits per heavy atom. The second-order valence-corrected chi connectivity index (χ2v) is 6.63. The standard InChI is InChI=1S/C18H28N2O/c21-15-9-7-14(8-10-15)11-13-20-18-6-3-4-16(18)17-5-1-2-12-19-17/h7-10,16-21H,1-6,11-13H2. The van der Waals surface area contributed by atoms with E-state index in [9.17, 15) is 5.11 Å². The zero-order chi connectivity index (χ0) is 14.5. The third-order valence-electron chi connectivity index (χ3n) is 5.19. The summed E-state index contributed by atoms with van der Waals surface area (Å²) in [5.41, 5.74) is 1.30. The summed E-state index contributed by atoms with van der Waals surface area (Å²) < 4.78 is 0. The minimum absolute atomic E-state index is 0.353. The van der Waals surface area contributed by atoms with E-state index in [4.69, 9.17) is 0 Å². The maximum absolute atomic E-state index is 9.31. The molecule has 1 aromatic rings. The molecule has 21 heavy (non-hydrogen) atoms. The maximum atomic E-state index is 9.31. The zero-order valence-corrected chi connectivity index (χ0v) is 12.9. The Balaban J connectivity index is 1.46. The van der Waals surface area contributed by atoms with E-state index < -0.39 is 0 Å². The van der Waals surface area contributed by atoms with Crippen molar-refractivity contribution >= 4 is 0 Å². The molecule has 0 bridgehead atoms. The van der Waals surface area contributed by atoms with Crippen molar-refractivity contribution in [2.45, 2.75) is 57.0 Å². The number of piperidine rings is 1. The Morgan fingerprint density at radius 3 is 2.67 bits per heavy atom. The zero-order valence-electron chi connectivity index (χ0n) is 12.9. The van der Waals surface area contributed by atoms with Gasteiger partial charge in [0.2, 0.25) is 0 Å². The fourth-order valence-electron chi connectivity index (χ4n) is 4.03. The van der Waals surface area contributed by atoms with E-state index in [0.717, 1.165) is 24.9 Å². The van der Waals surface area contributed by atoms with Gasteiger partial charge in [-0.15, -0.1) is 0 Å². The van der Waals surface area contributed by atoms with Gasteiger partial charge in [-0.2, -0.15) is 0 Å². The van der Waals surface area contributed by atoms with Crippen LogP contribution in [-0.2, 0) is 6.42 Å². The molecule has 0 aromatic heterocycles. The number of phenols is 1. The molecule has 0 spiro atoms. The van der Waals surface area contributed by atoms with Crippen molar-refractivity contribution in [1.82, 2.24) is 10.6 Å². The molecular formula is C18H28N2O. The highest BCUT2D eigenvalue weighted by Crippen LogP contribution is 2.31. The van der Waals surface area contributed by atoms with Gasteiger partial charge >= 0.3 is 0 Å². The Kier molecular flexibility index (Phi) is 5.15. The van der Waals surface area contributed by atoms with E-state index in [2.05, 4.69) is 10.6 Å². The van der Waals surface area contributed by atoms with Crippen LogP contribution in [0.15, 0.2) is 24.3 Å². The molecule has 0 amide bonds. The van der Waals surface area contributed by atoms with Gasteiger partial charge in [0.05, 0.1) is 0 Å². The lowest BCUT2D eigenvalue weighted by Crippen LogP contribution is -2.47. The normalized spacial score (nSPS) is 29.6. The summed E-state index contributed by atoms with van der Waals surface area (Å²) in [5, 5.41) is 16.8. The maximum Gasteiger partial charge on any atom is 0.115 e. The SMILES string of the molecule is Oc1ccc(CCNC2CCCC2C2CCCCN2)cc1. The van der Waals surface area contributed by atoms with E-state index >= 15 is 0 Å². The third-order valence-corrected chi connectivity index (χ3v) is 5.19. The molecule has 116 valence electrons. The van der Waals surface area contributed by atoms with Gasteiger partial charge < -0.3 is 15.7 Å². The van der Waals surface area contributed by atoms with Gasteiger partial charge in [0, 0.05) is 12.1 Å². The van der Waals surface area contributed by atoms with Gasteiger partial charge in [0.25, 0.3) is 0 Å². The predicted molar refractivity (Wildman–Crippen MR) is 86.6 cm³/mol. The number of benzene rings is 1. The van der Waals surface area contributed by atoms with Crippen molar-refractivity contribution in [2.75, 3.05) is 13.1 Å². The van der Waals surface area contributed by atoms with Crippen molar-refractivity contribution in [3.8, 4) is 5.75 Å². The van der Waals surface area contributed by atoms with Crippen LogP contribution >= 0.6 is 0 Å². The van der Waals surface area contributed by atoms with E-state index in [1.54, 1.807) is 12.1 Å². The molecule has 3 nitrogen and oxygen atoms in total. The van der Waals surface area contributed by atoms with Crippen molar-refractivity contribution in [3.05, 3.63) is 29.8 Å². The number of nitrogens with one attached hydrogen (secondary N) is 2. The molecule has 1 aliphatic heterocycles. The van der Waals surface area contributed by atoms with Gasteiger partial charge in [0.15, 0.2) is 0 Å². The van der Waals surface area contributed by atoms with E-state index in [0.29, 0.717) is 11.8 Å². The average molecular weight is 288 g/mol. The highest BCUT2D eigenvalue weighted by Gasteiger charge is 2.33. The van der Waals surface area contributed by atoms with E-state index in [1.807, 2.05) is 12.1 Å². The van der Waals surface area contributed by atoms with Crippen LogP contribution in [0.1, 0.15) is 44.1 Å². The highest BCUT2D eigenvalue weighted by atomic mass is 16.3. The monoisotopic (exact) mass is 288 g/mol. The quantitative estimate of drug-likeness (QED) is 0.780. The predicted octanol–water partition coefficient (Wildman–Crippen LogP) is 2.84. The van der Waals surface area contributed by atoms with Gasteiger partial charge in [-0.1, -0.05) is 25.0 Å². The molecule has 3 unspecified atom stereocenters. The number of hydrogen-bond donors (Lipinski definition) is 3. The van der Waals surface area contributed by atoms with E-state index in [1.165, 1.54) is 50.6 Å². The van der Waals surface area contributed by atoms with Crippen molar-refractivity contribution in [1.29, 1.82) is 0 Å². The Hall–Kier alpha value is -1.06. The smallest absolute Gasteiger partial charge is 0.115 e. The summed E-state index contributed by atoms with van der Waals surface area (Å²) in [4.78, 5) is 0. The van der Waals surface area contributed by atoms with Crippen LogP contribution in [0.3, 0.4) is 0 Å². The molecule has 3 rings (SSSR count). The first-order valence-electron chi connectivity index (χ1n) is 8.57. The summed E-state index contributed by atoms with van der Waals surface area (Å²) in [5.74, 6) is 1.18. The molecule has 1 saturated heterocycles. The molecule has 1 saturated carbocycles. The number of rotatable bonds is 5. The first-order valence-corrected chi connectivity index (χ1v) is 8.57. The summed E-state index contributed by atoms with van der Waals surface area (Å²) >= 11 is 0. The minimum atomic E-state index is 0.353. The summed E-state index contributed by atoms with van der Waals surface area (Å²) in [7, 11) is 0. The molecule has 1 heterocycles. The Bertz CT molecular complexity index is 425. The lowest BCUT2D eigenvalue weighted by molar-refractivity contribution is 0.258. The van der Waals surface area contributed by atoms with Gasteiger partial charge in [-0.25, -0.2) is 0 Å². The molecule has 2 fully saturated rings. The lowest BCUT2D eigenvalue weighted by Gasteiger charge is -2.33. The Morgan fingerprint density at radius 1 is 1.05 bits per heavy atom. The van der Waals surface area contributed by atoms with Gasteiger partial charge in [-0.05, 0) is 68.8 Å². The van der Waals surface area contributed by atoms with Crippen LogP contribution in [0, 0.1) is 5.92 Å². The number of phenolic OH excluding ortho intramolecular Hbond substituents is 1. The van der Waals surface area contributed by atoms with Crippen LogP contribution in [0.2, 0.25) is 0 Å². The van der Waals surface area contributed by atoms with Crippen LogP contribution < -0.4 is 10.6 Å². The molecule has 1 aromatic carbocycles. The lowest BCUT2D eigenvalue weighted by atomic mass is 9.88. The first-order chi connectivity index (χ1) is 10.3. The second-order valence-electron chi connectivity index (χ2n) is 6.63. The Labute approximate surface area is 128 Å². The fourth-order valence-corrected chi connectivity index (χ4v) is 4.03. The summed E-state index contributed by atoms with van der Waals surface area (Å²) in [6.07, 6.45) is 9.24. The molecule has 2 aliphatic rings. The first kappa shape index (κ1) is 14.9. The molecule has 1 aliphatic carbocycles. The fraction of sp³-hybridized carbons (Fsp3) is 0.667. The van der Waals surface area contributed by atoms with Crippen LogP contribution in [0.25, 0.3) is 0 Å². The molecule has 3 atom stereocenters. The molecule has 3 heteroatoms. The van der Waals surface area contributed by atoms with Gasteiger partial charge in [-0.3, -0.25) is 0 Å².